The van der Waals surface area contributed by atoms with Gasteiger partial charge >= 0.3 is 0 Å². The second-order valence-corrected chi connectivity index (χ2v) is 7.65. The van der Waals surface area contributed by atoms with Gasteiger partial charge in [0.05, 0.1) is 6.54 Å². The van der Waals surface area contributed by atoms with Crippen molar-refractivity contribution in [1.82, 2.24) is 30.3 Å². The first-order chi connectivity index (χ1) is 14.6. The molecule has 1 aliphatic heterocycles. The molecule has 0 saturated heterocycles. The monoisotopic (exact) mass is 413 g/mol. The number of hydrogen-bond donors (Lipinski definition) is 2. The molecule has 2 aromatic rings. The molecule has 3 rings (SSSR count). The summed E-state index contributed by atoms with van der Waals surface area (Å²) in [6.45, 7) is 9.51. The average Bonchev–Trinajstić information content (AvgIpc) is 3.17. The molecule has 0 amide bonds. The summed E-state index contributed by atoms with van der Waals surface area (Å²) in [6.07, 6.45) is 1.91. The standard InChI is InChI=1S/C22H35N7O/c1-5-28(6-2)14-18-9-7-8-17(12-18)13-24-22(23-3)25-19-10-11-21-26-20(16-30-4)27-29(21)15-19/h7-9,12,19H,5-6,10-11,13-16H2,1-4H3,(H2,23,24,25). The number of aliphatic imine (C=N–C) groups is 1. The van der Waals surface area contributed by atoms with Crippen molar-refractivity contribution in [3.8, 4) is 0 Å². The van der Waals surface area contributed by atoms with Crippen molar-refractivity contribution >= 4 is 5.96 Å². The summed E-state index contributed by atoms with van der Waals surface area (Å²) in [5, 5.41) is 11.5. The van der Waals surface area contributed by atoms with Gasteiger partial charge in [0.15, 0.2) is 11.8 Å². The maximum atomic E-state index is 5.14. The van der Waals surface area contributed by atoms with Crippen LogP contribution in [0, 0.1) is 0 Å². The van der Waals surface area contributed by atoms with Crippen LogP contribution < -0.4 is 10.6 Å². The topological polar surface area (TPSA) is 79.6 Å². The van der Waals surface area contributed by atoms with E-state index in [9.17, 15) is 0 Å². The van der Waals surface area contributed by atoms with Gasteiger partial charge in [-0.2, -0.15) is 5.10 Å². The molecule has 1 aliphatic rings. The summed E-state index contributed by atoms with van der Waals surface area (Å²) in [7, 11) is 3.48. The van der Waals surface area contributed by atoms with Crippen molar-refractivity contribution in [1.29, 1.82) is 0 Å². The second kappa shape index (κ2) is 11.1. The first-order valence-electron chi connectivity index (χ1n) is 10.8. The summed E-state index contributed by atoms with van der Waals surface area (Å²) >= 11 is 0. The van der Waals surface area contributed by atoms with Gasteiger partial charge in [0, 0.05) is 39.7 Å². The minimum Gasteiger partial charge on any atom is -0.377 e. The number of guanidine groups is 1. The first-order valence-corrected chi connectivity index (χ1v) is 10.8. The molecule has 8 nitrogen and oxygen atoms in total. The Labute approximate surface area is 179 Å². The van der Waals surface area contributed by atoms with Gasteiger partial charge in [0.1, 0.15) is 12.4 Å². The summed E-state index contributed by atoms with van der Waals surface area (Å²) in [5.74, 6) is 2.60. The van der Waals surface area contributed by atoms with E-state index < -0.39 is 0 Å². The van der Waals surface area contributed by atoms with Crippen LogP contribution in [0.2, 0.25) is 0 Å². The molecule has 8 heteroatoms. The van der Waals surface area contributed by atoms with Crippen molar-refractivity contribution < 1.29 is 4.74 Å². The van der Waals surface area contributed by atoms with Gasteiger partial charge in [-0.1, -0.05) is 38.1 Å². The van der Waals surface area contributed by atoms with Crippen LogP contribution in [0.3, 0.4) is 0 Å². The van der Waals surface area contributed by atoms with E-state index in [4.69, 9.17) is 4.74 Å². The zero-order valence-electron chi connectivity index (χ0n) is 18.7. The van der Waals surface area contributed by atoms with Crippen LogP contribution in [-0.2, 0) is 37.4 Å². The van der Waals surface area contributed by atoms with E-state index in [1.54, 1.807) is 7.11 Å². The third-order valence-electron chi connectivity index (χ3n) is 5.49. The molecule has 0 aliphatic carbocycles. The Morgan fingerprint density at radius 2 is 2.10 bits per heavy atom. The highest BCUT2D eigenvalue weighted by Gasteiger charge is 2.22. The zero-order chi connectivity index (χ0) is 21.3. The molecular formula is C22H35N7O. The number of rotatable bonds is 9. The third kappa shape index (κ3) is 6.03. The lowest BCUT2D eigenvalue weighted by Gasteiger charge is -2.25. The number of ether oxygens (including phenoxy) is 1. The molecule has 2 N–H and O–H groups in total. The number of benzene rings is 1. The van der Waals surface area contributed by atoms with E-state index >= 15 is 0 Å². The smallest absolute Gasteiger partial charge is 0.191 e. The number of nitrogens with one attached hydrogen (secondary N) is 2. The van der Waals surface area contributed by atoms with E-state index in [0.29, 0.717) is 6.61 Å². The minimum atomic E-state index is 0.273. The minimum absolute atomic E-state index is 0.273. The van der Waals surface area contributed by atoms with Crippen molar-refractivity contribution in [2.75, 3.05) is 27.2 Å². The molecular weight excluding hydrogens is 378 g/mol. The number of aromatic nitrogens is 3. The van der Waals surface area contributed by atoms with Crippen LogP contribution in [0.4, 0.5) is 0 Å². The van der Waals surface area contributed by atoms with Gasteiger partial charge in [0.2, 0.25) is 0 Å². The molecule has 1 unspecified atom stereocenters. The lowest BCUT2D eigenvalue weighted by Crippen LogP contribution is -2.46. The van der Waals surface area contributed by atoms with E-state index in [1.165, 1.54) is 11.1 Å². The normalized spacial score (nSPS) is 16.6. The Balaban J connectivity index is 1.53. The quantitative estimate of drug-likeness (QED) is 0.483. The fourth-order valence-electron chi connectivity index (χ4n) is 3.79. The fraction of sp³-hybridized carbons (Fsp3) is 0.591. The van der Waals surface area contributed by atoms with Crippen LogP contribution in [0.5, 0.6) is 0 Å². The number of methoxy groups -OCH3 is 1. The van der Waals surface area contributed by atoms with E-state index in [2.05, 4.69) is 68.7 Å². The maximum Gasteiger partial charge on any atom is 0.191 e. The highest BCUT2D eigenvalue weighted by Crippen LogP contribution is 2.14. The number of nitrogens with zero attached hydrogens (tertiary/aromatic N) is 5. The van der Waals surface area contributed by atoms with Gasteiger partial charge in [-0.15, -0.1) is 0 Å². The molecule has 0 spiro atoms. The molecule has 0 bridgehead atoms. The zero-order valence-corrected chi connectivity index (χ0v) is 18.7. The summed E-state index contributed by atoms with van der Waals surface area (Å²) in [5.41, 5.74) is 2.60. The molecule has 0 saturated carbocycles. The lowest BCUT2D eigenvalue weighted by molar-refractivity contribution is 0.177. The van der Waals surface area contributed by atoms with Crippen molar-refractivity contribution in [3.63, 3.8) is 0 Å². The van der Waals surface area contributed by atoms with E-state index in [-0.39, 0.29) is 6.04 Å². The van der Waals surface area contributed by atoms with Crippen LogP contribution in [0.1, 0.15) is 43.0 Å². The Hall–Kier alpha value is -2.45. The molecule has 1 aromatic heterocycles. The van der Waals surface area contributed by atoms with Gasteiger partial charge in [-0.3, -0.25) is 9.89 Å². The first kappa shape index (κ1) is 22.2. The Bertz CT molecular complexity index is 829. The summed E-state index contributed by atoms with van der Waals surface area (Å²) < 4.78 is 7.13. The van der Waals surface area contributed by atoms with Gasteiger partial charge < -0.3 is 15.4 Å². The van der Waals surface area contributed by atoms with Crippen LogP contribution in [0.25, 0.3) is 0 Å². The number of fused-ring (bicyclic) bond motifs is 1. The summed E-state index contributed by atoms with van der Waals surface area (Å²) in [6, 6.07) is 9.04. The predicted molar refractivity (Wildman–Crippen MR) is 119 cm³/mol. The van der Waals surface area contributed by atoms with Gasteiger partial charge in [-0.05, 0) is 30.6 Å². The van der Waals surface area contributed by atoms with E-state index in [1.807, 2.05) is 11.7 Å². The maximum absolute atomic E-state index is 5.14. The number of aryl methyl sites for hydroxylation is 1. The molecule has 0 radical (unpaired) electrons. The molecule has 0 fully saturated rings. The van der Waals surface area contributed by atoms with Crippen LogP contribution in [-0.4, -0.2) is 58.9 Å². The fourth-order valence-corrected chi connectivity index (χ4v) is 3.79. The Kier molecular flexibility index (Phi) is 8.21. The van der Waals surface area contributed by atoms with Crippen LogP contribution >= 0.6 is 0 Å². The van der Waals surface area contributed by atoms with Crippen molar-refractivity contribution in [3.05, 3.63) is 47.0 Å². The third-order valence-corrected chi connectivity index (χ3v) is 5.49. The molecule has 164 valence electrons. The van der Waals surface area contributed by atoms with Gasteiger partial charge in [-0.25, -0.2) is 9.67 Å². The highest BCUT2D eigenvalue weighted by atomic mass is 16.5. The molecule has 1 atom stereocenters. The largest absolute Gasteiger partial charge is 0.377 e. The predicted octanol–water partition coefficient (Wildman–Crippen LogP) is 1.95. The van der Waals surface area contributed by atoms with E-state index in [0.717, 1.165) is 63.2 Å². The molecule has 1 aromatic carbocycles. The van der Waals surface area contributed by atoms with Crippen molar-refractivity contribution in [2.24, 2.45) is 4.99 Å². The Morgan fingerprint density at radius 1 is 1.30 bits per heavy atom. The highest BCUT2D eigenvalue weighted by molar-refractivity contribution is 5.79. The Morgan fingerprint density at radius 3 is 2.83 bits per heavy atom. The average molecular weight is 414 g/mol. The van der Waals surface area contributed by atoms with Gasteiger partial charge in [0.25, 0.3) is 0 Å². The number of hydrogen-bond acceptors (Lipinski definition) is 5. The molecule has 30 heavy (non-hydrogen) atoms. The second-order valence-electron chi connectivity index (χ2n) is 7.65. The molecule has 2 heterocycles. The lowest BCUT2D eigenvalue weighted by atomic mass is 10.1. The SMILES string of the molecule is CCN(CC)Cc1cccc(CNC(=NC)NC2CCc3nc(COC)nn3C2)c1. The summed E-state index contributed by atoms with van der Waals surface area (Å²) in [4.78, 5) is 11.4. The van der Waals surface area contributed by atoms with Crippen molar-refractivity contribution in [2.45, 2.75) is 59.0 Å². The van der Waals surface area contributed by atoms with Crippen LogP contribution in [0.15, 0.2) is 29.3 Å².